The molecular weight excluding hydrogens is 218 g/mol. The van der Waals surface area contributed by atoms with Gasteiger partial charge in [-0.2, -0.15) is 0 Å². The summed E-state index contributed by atoms with van der Waals surface area (Å²) in [6.07, 6.45) is 8.49. The Morgan fingerprint density at radius 3 is 2.67 bits per heavy atom. The third kappa shape index (κ3) is 2.61. The van der Waals surface area contributed by atoms with E-state index in [0.717, 1.165) is 17.9 Å². The molecule has 1 aliphatic carbocycles. The maximum absolute atomic E-state index is 3.78. The summed E-state index contributed by atoms with van der Waals surface area (Å²) in [5.74, 6) is 1.95. The van der Waals surface area contributed by atoms with Gasteiger partial charge < -0.3 is 5.32 Å². The maximum Gasteiger partial charge on any atom is 0.0138 e. The van der Waals surface area contributed by atoms with E-state index in [1.54, 1.807) is 0 Å². The lowest BCUT2D eigenvalue weighted by atomic mass is 9.70. The fourth-order valence-corrected chi connectivity index (χ4v) is 3.93. The molecule has 0 bridgehead atoms. The molecule has 0 aromatic heterocycles. The first-order chi connectivity index (χ1) is 8.83. The molecule has 1 nitrogen and oxygen atoms in total. The van der Waals surface area contributed by atoms with Gasteiger partial charge in [0.25, 0.3) is 0 Å². The monoisotopic (exact) mass is 243 g/mol. The quantitative estimate of drug-likeness (QED) is 0.835. The fraction of sp³-hybridized carbons (Fsp3) is 0.647. The fourth-order valence-electron chi connectivity index (χ4n) is 3.93. The van der Waals surface area contributed by atoms with Gasteiger partial charge in [-0.3, -0.25) is 0 Å². The molecule has 3 unspecified atom stereocenters. The molecule has 1 heterocycles. The zero-order chi connectivity index (χ0) is 12.4. The maximum atomic E-state index is 3.78. The van der Waals surface area contributed by atoms with Crippen LogP contribution in [-0.4, -0.2) is 12.6 Å². The highest BCUT2D eigenvalue weighted by Gasteiger charge is 2.34. The standard InChI is InChI=1S/C17H25N/c1-13-6-8-14(9-7-13)12-17-16-5-3-2-4-15(16)10-11-18-17/h6-9,15-18H,2-5,10-12H2,1H3. The molecule has 1 saturated heterocycles. The number of piperidine rings is 1. The molecule has 1 aromatic rings. The van der Waals surface area contributed by atoms with Crippen LogP contribution in [0.4, 0.5) is 0 Å². The minimum absolute atomic E-state index is 0.728. The van der Waals surface area contributed by atoms with E-state index >= 15 is 0 Å². The molecule has 18 heavy (non-hydrogen) atoms. The Kier molecular flexibility index (Phi) is 3.69. The number of aryl methyl sites for hydroxylation is 1. The molecule has 2 aliphatic rings. The average Bonchev–Trinajstić information content (AvgIpc) is 2.42. The van der Waals surface area contributed by atoms with Crippen LogP contribution in [0.3, 0.4) is 0 Å². The lowest BCUT2D eigenvalue weighted by molar-refractivity contribution is 0.133. The molecule has 0 amide bonds. The van der Waals surface area contributed by atoms with Crippen molar-refractivity contribution in [2.45, 2.75) is 51.5 Å². The summed E-state index contributed by atoms with van der Waals surface area (Å²) in [4.78, 5) is 0. The first kappa shape index (κ1) is 12.2. The zero-order valence-corrected chi connectivity index (χ0v) is 11.5. The van der Waals surface area contributed by atoms with Crippen LogP contribution in [0.1, 0.15) is 43.2 Å². The Morgan fingerprint density at radius 1 is 1.06 bits per heavy atom. The molecule has 98 valence electrons. The van der Waals surface area contributed by atoms with Crippen molar-refractivity contribution in [1.29, 1.82) is 0 Å². The van der Waals surface area contributed by atoms with Crippen molar-refractivity contribution in [3.8, 4) is 0 Å². The van der Waals surface area contributed by atoms with E-state index in [-0.39, 0.29) is 0 Å². The van der Waals surface area contributed by atoms with E-state index in [4.69, 9.17) is 0 Å². The van der Waals surface area contributed by atoms with Crippen LogP contribution in [0.2, 0.25) is 0 Å². The van der Waals surface area contributed by atoms with Crippen LogP contribution in [0.15, 0.2) is 24.3 Å². The van der Waals surface area contributed by atoms with Crippen molar-refractivity contribution in [3.63, 3.8) is 0 Å². The predicted octanol–water partition coefficient (Wildman–Crippen LogP) is 3.71. The van der Waals surface area contributed by atoms with Crippen molar-refractivity contribution in [2.75, 3.05) is 6.54 Å². The number of benzene rings is 1. The van der Waals surface area contributed by atoms with Crippen molar-refractivity contribution >= 4 is 0 Å². The zero-order valence-electron chi connectivity index (χ0n) is 11.5. The summed E-state index contributed by atoms with van der Waals surface area (Å²) in [6.45, 7) is 3.40. The summed E-state index contributed by atoms with van der Waals surface area (Å²) in [7, 11) is 0. The van der Waals surface area contributed by atoms with Crippen LogP contribution in [0.25, 0.3) is 0 Å². The lowest BCUT2D eigenvalue weighted by Gasteiger charge is -2.42. The van der Waals surface area contributed by atoms with Crippen molar-refractivity contribution in [1.82, 2.24) is 5.32 Å². The molecule has 3 rings (SSSR count). The van der Waals surface area contributed by atoms with E-state index in [1.807, 2.05) is 0 Å². The van der Waals surface area contributed by atoms with E-state index in [0.29, 0.717) is 0 Å². The van der Waals surface area contributed by atoms with Crippen LogP contribution < -0.4 is 5.32 Å². The molecule has 1 saturated carbocycles. The molecule has 0 spiro atoms. The molecular formula is C17H25N. The highest BCUT2D eigenvalue weighted by atomic mass is 14.9. The van der Waals surface area contributed by atoms with E-state index in [9.17, 15) is 0 Å². The van der Waals surface area contributed by atoms with E-state index in [2.05, 4.69) is 36.5 Å². The minimum Gasteiger partial charge on any atom is -0.313 e. The minimum atomic E-state index is 0.728. The van der Waals surface area contributed by atoms with E-state index in [1.165, 1.54) is 56.2 Å². The van der Waals surface area contributed by atoms with Crippen molar-refractivity contribution < 1.29 is 0 Å². The van der Waals surface area contributed by atoms with Gasteiger partial charge in [-0.1, -0.05) is 49.1 Å². The second-order valence-electron chi connectivity index (χ2n) is 6.25. The van der Waals surface area contributed by atoms with Crippen molar-refractivity contribution in [2.24, 2.45) is 11.8 Å². The van der Waals surface area contributed by atoms with Crippen LogP contribution in [0, 0.1) is 18.8 Å². The Balaban J connectivity index is 1.69. The smallest absolute Gasteiger partial charge is 0.0138 e. The number of fused-ring (bicyclic) bond motifs is 1. The SMILES string of the molecule is Cc1ccc(CC2NCCC3CCCCC32)cc1. The highest BCUT2D eigenvalue weighted by molar-refractivity contribution is 5.22. The second kappa shape index (κ2) is 5.44. The highest BCUT2D eigenvalue weighted by Crippen LogP contribution is 2.37. The first-order valence-corrected chi connectivity index (χ1v) is 7.62. The summed E-state index contributed by atoms with van der Waals surface area (Å²) >= 11 is 0. The van der Waals surface area contributed by atoms with Gasteiger partial charge in [0.05, 0.1) is 0 Å². The van der Waals surface area contributed by atoms with Gasteiger partial charge in [-0.05, 0) is 50.1 Å². The van der Waals surface area contributed by atoms with E-state index < -0.39 is 0 Å². The van der Waals surface area contributed by atoms with Gasteiger partial charge in [0, 0.05) is 6.04 Å². The van der Waals surface area contributed by atoms with Crippen LogP contribution in [-0.2, 0) is 6.42 Å². The summed E-state index contributed by atoms with van der Waals surface area (Å²) in [5, 5.41) is 3.78. The molecule has 1 aliphatic heterocycles. The Labute approximate surface area is 111 Å². The average molecular weight is 243 g/mol. The van der Waals surface area contributed by atoms with Gasteiger partial charge in [0.2, 0.25) is 0 Å². The van der Waals surface area contributed by atoms with Gasteiger partial charge in [-0.25, -0.2) is 0 Å². The Hall–Kier alpha value is -0.820. The molecule has 2 fully saturated rings. The number of hydrogen-bond donors (Lipinski definition) is 1. The molecule has 1 heteroatoms. The molecule has 1 N–H and O–H groups in total. The third-order valence-electron chi connectivity index (χ3n) is 4.98. The van der Waals surface area contributed by atoms with Gasteiger partial charge in [0.1, 0.15) is 0 Å². The molecule has 0 radical (unpaired) electrons. The number of nitrogens with one attached hydrogen (secondary N) is 1. The first-order valence-electron chi connectivity index (χ1n) is 7.62. The number of hydrogen-bond acceptors (Lipinski definition) is 1. The lowest BCUT2D eigenvalue weighted by Crippen LogP contribution is -2.48. The summed E-state index contributed by atoms with van der Waals surface area (Å²) < 4.78 is 0. The summed E-state index contributed by atoms with van der Waals surface area (Å²) in [6, 6.07) is 9.84. The normalized spacial score (nSPS) is 31.9. The number of rotatable bonds is 2. The van der Waals surface area contributed by atoms with Crippen LogP contribution in [0.5, 0.6) is 0 Å². The topological polar surface area (TPSA) is 12.0 Å². The predicted molar refractivity (Wildman–Crippen MR) is 76.7 cm³/mol. The largest absolute Gasteiger partial charge is 0.313 e. The van der Waals surface area contributed by atoms with Gasteiger partial charge in [0.15, 0.2) is 0 Å². The van der Waals surface area contributed by atoms with Gasteiger partial charge >= 0.3 is 0 Å². The molecule has 1 aromatic carbocycles. The second-order valence-corrected chi connectivity index (χ2v) is 6.25. The third-order valence-corrected chi connectivity index (χ3v) is 4.98. The van der Waals surface area contributed by atoms with Crippen LogP contribution >= 0.6 is 0 Å². The Bertz CT molecular complexity index is 379. The Morgan fingerprint density at radius 2 is 1.83 bits per heavy atom. The van der Waals surface area contributed by atoms with Gasteiger partial charge in [-0.15, -0.1) is 0 Å². The van der Waals surface area contributed by atoms with Crippen molar-refractivity contribution in [3.05, 3.63) is 35.4 Å². The molecule has 3 atom stereocenters. The summed E-state index contributed by atoms with van der Waals surface area (Å²) in [5.41, 5.74) is 2.87.